The summed E-state index contributed by atoms with van der Waals surface area (Å²) in [5, 5.41) is 39.4. The monoisotopic (exact) mass is 489 g/mol. The summed E-state index contributed by atoms with van der Waals surface area (Å²) in [5.74, 6) is -2.69. The normalized spacial score (nSPS) is 42.5. The molecule has 1 aliphatic carbocycles. The maximum atomic E-state index is 13.0. The second-order valence-electron chi connectivity index (χ2n) is 10.1. The number of ether oxygens (including phenoxy) is 3. The first-order valence-electron chi connectivity index (χ1n) is 12.4. The number of aliphatic hydroxyl groups is 3. The fraction of sp³-hybridized carbons (Fsp3) is 0.680. The van der Waals surface area contributed by atoms with Gasteiger partial charge in [0.1, 0.15) is 12.2 Å². The zero-order valence-corrected chi connectivity index (χ0v) is 20.3. The molecular weight excluding hydrogens is 454 g/mol. The van der Waals surface area contributed by atoms with Gasteiger partial charge in [0.2, 0.25) is 18.0 Å². The lowest BCUT2D eigenvalue weighted by Gasteiger charge is -2.58. The van der Waals surface area contributed by atoms with Crippen molar-refractivity contribution in [3.63, 3.8) is 0 Å². The number of hydrogen-bond acceptors (Lipinski definition) is 9. The molecule has 3 aliphatic heterocycles. The predicted octanol–water partition coefficient (Wildman–Crippen LogP) is 0.147. The number of hydrogen-bond donors (Lipinski definition) is 5. The number of aliphatic hydroxyl groups excluding tert-OH is 2. The fourth-order valence-electron chi connectivity index (χ4n) is 5.97. The Balaban J connectivity index is 1.33. The highest BCUT2D eigenvalue weighted by atomic mass is 16.8. The van der Waals surface area contributed by atoms with Crippen molar-refractivity contribution < 1.29 is 34.3 Å². The minimum atomic E-state index is -1.99. The van der Waals surface area contributed by atoms with Crippen LogP contribution in [0.25, 0.3) is 0 Å². The van der Waals surface area contributed by atoms with Crippen LogP contribution in [0.4, 0.5) is 5.69 Å². The van der Waals surface area contributed by atoms with Gasteiger partial charge in [-0.25, -0.2) is 0 Å². The number of carbonyl (C=O) groups excluding carboxylic acids is 1. The topological polar surface area (TPSA) is 142 Å². The van der Waals surface area contributed by atoms with E-state index in [1.165, 1.54) is 0 Å². The van der Waals surface area contributed by atoms with Crippen LogP contribution in [0.5, 0.6) is 0 Å². The molecule has 1 aromatic rings. The summed E-state index contributed by atoms with van der Waals surface area (Å²) in [7, 11) is 1.69. The van der Waals surface area contributed by atoms with Gasteiger partial charge in [-0.15, -0.1) is 0 Å². The van der Waals surface area contributed by atoms with Crippen LogP contribution in [-0.2, 0) is 25.4 Å². The number of rotatable bonds is 5. The first kappa shape index (κ1) is 24.8. The van der Waals surface area contributed by atoms with Gasteiger partial charge in [0.15, 0.2) is 0 Å². The molecule has 10 nitrogen and oxygen atoms in total. The smallest absolute Gasteiger partial charge is 0.239 e. The standard InChI is InChI=1S/C25H35N3O7/c1-4-15-20(30)19(26-3)22-23(21(15)31)34-24-25(32,35-22)17(9-12(2)33-24)28-18(29)11-14-10-13-7-5-6-8-16(13)27-14/h5-8,12,15,17,19-24,26,30-32H,4,9-11H2,1-3H3,(H,28,29)/t12-,15-,17-,19+,20+,21+,22-,23-,24+,25+/m1/s1. The molecule has 1 amide bonds. The first-order chi connectivity index (χ1) is 16.7. The van der Waals surface area contributed by atoms with Crippen LogP contribution < -0.4 is 10.6 Å². The number of carbonyl (C=O) groups is 1. The lowest BCUT2D eigenvalue weighted by molar-refractivity contribution is -0.450. The molecule has 5 rings (SSSR count). The minimum absolute atomic E-state index is 0.100. The third kappa shape index (κ3) is 4.31. The Hall–Kier alpha value is -1.92. The number of aliphatic imine (C=N–C) groups is 1. The highest BCUT2D eigenvalue weighted by molar-refractivity contribution is 6.05. The van der Waals surface area contributed by atoms with E-state index in [9.17, 15) is 20.1 Å². The van der Waals surface area contributed by atoms with E-state index < -0.39 is 54.5 Å². The molecule has 0 unspecified atom stereocenters. The number of para-hydroxylation sites is 1. The SMILES string of the molecule is CC[C@@H]1[C@H](O)[C@H](NC)[C@H]2O[C@]3(O)[C@H](O[C@@H]2[C@H]1O)O[C@H](C)C[C@H]3NC(=O)CC1=Nc2ccccc2C1. The van der Waals surface area contributed by atoms with E-state index in [0.29, 0.717) is 19.3 Å². The van der Waals surface area contributed by atoms with E-state index in [1.807, 2.05) is 38.1 Å². The molecule has 10 heteroatoms. The number of likely N-dealkylation sites (N-methyl/N-ethyl adjacent to an activating group) is 1. The van der Waals surface area contributed by atoms with Crippen molar-refractivity contribution in [3.8, 4) is 0 Å². The van der Waals surface area contributed by atoms with E-state index in [1.54, 1.807) is 7.05 Å². The van der Waals surface area contributed by atoms with Crippen LogP contribution in [0.2, 0.25) is 0 Å². The summed E-state index contributed by atoms with van der Waals surface area (Å²) >= 11 is 0. The van der Waals surface area contributed by atoms with Crippen LogP contribution in [0.1, 0.15) is 38.7 Å². The van der Waals surface area contributed by atoms with E-state index >= 15 is 0 Å². The number of nitrogens with zero attached hydrogens (tertiary/aromatic N) is 1. The second-order valence-corrected chi connectivity index (χ2v) is 10.1. The Morgan fingerprint density at radius 1 is 1.20 bits per heavy atom. The number of benzene rings is 1. The summed E-state index contributed by atoms with van der Waals surface area (Å²) in [4.78, 5) is 17.6. The van der Waals surface area contributed by atoms with Gasteiger partial charge >= 0.3 is 0 Å². The van der Waals surface area contributed by atoms with Crippen molar-refractivity contribution in [1.29, 1.82) is 0 Å². The van der Waals surface area contributed by atoms with Gasteiger partial charge in [-0.3, -0.25) is 9.79 Å². The minimum Gasteiger partial charge on any atom is -0.391 e. The Morgan fingerprint density at radius 3 is 2.69 bits per heavy atom. The first-order valence-corrected chi connectivity index (χ1v) is 12.4. The molecule has 4 aliphatic rings. The van der Waals surface area contributed by atoms with Gasteiger partial charge in [0.05, 0.1) is 42.5 Å². The molecule has 10 atom stereocenters. The van der Waals surface area contributed by atoms with Gasteiger partial charge in [-0.1, -0.05) is 25.1 Å². The van der Waals surface area contributed by atoms with Gasteiger partial charge < -0.3 is 40.2 Å². The molecule has 0 aromatic heterocycles. The van der Waals surface area contributed by atoms with Crippen LogP contribution in [0.15, 0.2) is 29.3 Å². The third-order valence-corrected chi connectivity index (χ3v) is 7.80. The van der Waals surface area contributed by atoms with Crippen molar-refractivity contribution in [2.45, 2.75) is 94.2 Å². The molecule has 0 spiro atoms. The lowest BCUT2D eigenvalue weighted by Crippen LogP contribution is -2.77. The summed E-state index contributed by atoms with van der Waals surface area (Å²) < 4.78 is 18.2. The van der Waals surface area contributed by atoms with Gasteiger partial charge in [-0.05, 0) is 38.4 Å². The van der Waals surface area contributed by atoms with E-state index in [-0.39, 0.29) is 18.4 Å². The molecule has 0 radical (unpaired) electrons. The molecule has 2 saturated heterocycles. The molecule has 1 aromatic carbocycles. The van der Waals surface area contributed by atoms with Crippen molar-refractivity contribution in [2.24, 2.45) is 10.9 Å². The molecule has 3 heterocycles. The Kier molecular flexibility index (Phi) is 6.73. The molecule has 0 bridgehead atoms. The second kappa shape index (κ2) is 9.51. The maximum Gasteiger partial charge on any atom is 0.239 e. The van der Waals surface area contributed by atoms with Crippen molar-refractivity contribution in [2.75, 3.05) is 7.05 Å². The van der Waals surface area contributed by atoms with Crippen LogP contribution >= 0.6 is 0 Å². The zero-order valence-electron chi connectivity index (χ0n) is 20.3. The quantitative estimate of drug-likeness (QED) is 0.394. The highest BCUT2D eigenvalue weighted by Crippen LogP contribution is 2.43. The molecule has 35 heavy (non-hydrogen) atoms. The molecule has 5 N–H and O–H groups in total. The number of nitrogens with one attached hydrogen (secondary N) is 2. The number of amides is 1. The molecule has 192 valence electrons. The van der Waals surface area contributed by atoms with E-state index in [2.05, 4.69) is 15.6 Å². The molecule has 1 saturated carbocycles. The Morgan fingerprint density at radius 2 is 1.97 bits per heavy atom. The highest BCUT2D eigenvalue weighted by Gasteiger charge is 2.63. The van der Waals surface area contributed by atoms with E-state index in [4.69, 9.17) is 14.2 Å². The van der Waals surface area contributed by atoms with Gasteiger partial charge in [0, 0.05) is 18.1 Å². The largest absolute Gasteiger partial charge is 0.391 e. The van der Waals surface area contributed by atoms with E-state index in [0.717, 1.165) is 17.0 Å². The van der Waals surface area contributed by atoms with Gasteiger partial charge in [-0.2, -0.15) is 0 Å². The summed E-state index contributed by atoms with van der Waals surface area (Å²) in [6.45, 7) is 3.72. The van der Waals surface area contributed by atoms with Crippen LogP contribution in [0, 0.1) is 5.92 Å². The summed E-state index contributed by atoms with van der Waals surface area (Å²) in [5.41, 5.74) is 2.72. The van der Waals surface area contributed by atoms with Crippen molar-refractivity contribution in [1.82, 2.24) is 10.6 Å². The Bertz CT molecular complexity index is 990. The fourth-order valence-corrected chi connectivity index (χ4v) is 5.97. The number of fused-ring (bicyclic) bond motifs is 3. The lowest BCUT2D eigenvalue weighted by atomic mass is 9.74. The molecule has 3 fully saturated rings. The van der Waals surface area contributed by atoms with Crippen LogP contribution in [0.3, 0.4) is 0 Å². The predicted molar refractivity (Wildman–Crippen MR) is 126 cm³/mol. The summed E-state index contributed by atoms with van der Waals surface area (Å²) in [6.07, 6.45) is -3.51. The maximum absolute atomic E-state index is 13.0. The average Bonchev–Trinajstić information content (AvgIpc) is 3.22. The Labute approximate surface area is 204 Å². The zero-order chi connectivity index (χ0) is 24.9. The summed E-state index contributed by atoms with van der Waals surface area (Å²) in [6, 6.07) is 6.38. The van der Waals surface area contributed by atoms with Crippen molar-refractivity contribution in [3.05, 3.63) is 29.8 Å². The van der Waals surface area contributed by atoms with Gasteiger partial charge in [0.25, 0.3) is 0 Å². The van der Waals surface area contributed by atoms with Crippen LogP contribution in [-0.4, -0.2) is 88.7 Å². The van der Waals surface area contributed by atoms with Crippen molar-refractivity contribution >= 4 is 17.3 Å². The third-order valence-electron chi connectivity index (χ3n) is 7.80. The average molecular weight is 490 g/mol. The molecular formula is C25H35N3O7.